The fourth-order valence-electron chi connectivity index (χ4n) is 3.53. The van der Waals surface area contributed by atoms with E-state index in [1.165, 1.54) is 17.7 Å². The number of amides is 2. The maximum absolute atomic E-state index is 12.5. The first-order valence-corrected chi connectivity index (χ1v) is 10.4. The number of carbonyl (C=O) groups excluding carboxylic acids is 2. The van der Waals surface area contributed by atoms with Gasteiger partial charge in [0.25, 0.3) is 11.8 Å². The molecule has 1 fully saturated rings. The topological polar surface area (TPSA) is 62.6 Å². The summed E-state index contributed by atoms with van der Waals surface area (Å²) in [7, 11) is 0. The van der Waals surface area contributed by atoms with Gasteiger partial charge >= 0.3 is 0 Å². The zero-order chi connectivity index (χ0) is 18.8. The van der Waals surface area contributed by atoms with E-state index in [-0.39, 0.29) is 17.2 Å². The number of hydrogen-bond acceptors (Lipinski definition) is 3. The van der Waals surface area contributed by atoms with Gasteiger partial charge in [-0.3, -0.25) is 9.59 Å². The highest BCUT2D eigenvalue weighted by molar-refractivity contribution is 8.00. The molecule has 0 radical (unpaired) electrons. The van der Waals surface area contributed by atoms with Crippen LogP contribution in [0.4, 0.5) is 5.69 Å². The highest BCUT2D eigenvalue weighted by Crippen LogP contribution is 2.34. The molecule has 0 saturated carbocycles. The molecule has 0 spiro atoms. The molecular weight excluding hydrogens is 382 g/mol. The fourth-order valence-corrected chi connectivity index (χ4v) is 4.94. The Bertz CT molecular complexity index is 883. The number of hydrogen-bond donors (Lipinski definition) is 3. The third-order valence-electron chi connectivity index (χ3n) is 5.00. The Kier molecular flexibility index (Phi) is 5.38. The van der Waals surface area contributed by atoms with Crippen LogP contribution < -0.4 is 15.5 Å². The summed E-state index contributed by atoms with van der Waals surface area (Å²) in [6, 6.07) is 12.9. The third kappa shape index (κ3) is 3.98. The molecule has 27 heavy (non-hydrogen) atoms. The lowest BCUT2D eigenvalue weighted by molar-refractivity contribution is -0.888. The Morgan fingerprint density at radius 2 is 2.00 bits per heavy atom. The first kappa shape index (κ1) is 18.3. The van der Waals surface area contributed by atoms with Gasteiger partial charge in [0.2, 0.25) is 5.37 Å². The van der Waals surface area contributed by atoms with Gasteiger partial charge in [-0.1, -0.05) is 41.6 Å². The monoisotopic (exact) mass is 402 g/mol. The van der Waals surface area contributed by atoms with E-state index in [0.717, 1.165) is 23.5 Å². The second kappa shape index (κ2) is 7.92. The quantitative estimate of drug-likeness (QED) is 0.735. The van der Waals surface area contributed by atoms with E-state index < -0.39 is 0 Å². The summed E-state index contributed by atoms with van der Waals surface area (Å²) in [5.41, 5.74) is 2.10. The SMILES string of the molecule is O=C(NCc1ccccc1Cl)c1ccc2c(c1)NC(=O)C([NH+]1CCCC1)S2. The number of benzene rings is 2. The van der Waals surface area contributed by atoms with Crippen molar-refractivity contribution in [2.45, 2.75) is 29.7 Å². The van der Waals surface area contributed by atoms with Crippen molar-refractivity contribution < 1.29 is 14.5 Å². The summed E-state index contributed by atoms with van der Waals surface area (Å²) in [5, 5.41) is 6.39. The summed E-state index contributed by atoms with van der Waals surface area (Å²) in [5.74, 6) is -0.165. The van der Waals surface area contributed by atoms with Crippen molar-refractivity contribution in [2.24, 2.45) is 0 Å². The summed E-state index contributed by atoms with van der Waals surface area (Å²) < 4.78 is 0. The van der Waals surface area contributed by atoms with Crippen molar-refractivity contribution in [1.29, 1.82) is 0 Å². The highest BCUT2D eigenvalue weighted by atomic mass is 35.5. The molecule has 1 unspecified atom stereocenters. The Hall–Kier alpha value is -2.02. The number of fused-ring (bicyclic) bond motifs is 1. The number of nitrogens with one attached hydrogen (secondary N) is 3. The molecule has 2 aliphatic rings. The minimum absolute atomic E-state index is 0.0259. The second-order valence-electron chi connectivity index (χ2n) is 6.84. The van der Waals surface area contributed by atoms with Crippen LogP contribution in [0, 0.1) is 0 Å². The van der Waals surface area contributed by atoms with Crippen molar-refractivity contribution in [3.63, 3.8) is 0 Å². The minimum atomic E-state index is -0.190. The summed E-state index contributed by atoms with van der Waals surface area (Å²) in [6.45, 7) is 2.45. The van der Waals surface area contributed by atoms with Gasteiger partial charge in [-0.05, 0) is 29.8 Å². The largest absolute Gasteiger partial charge is 0.348 e. The van der Waals surface area contributed by atoms with Crippen molar-refractivity contribution in [3.05, 3.63) is 58.6 Å². The van der Waals surface area contributed by atoms with Crippen LogP contribution in [0.3, 0.4) is 0 Å². The van der Waals surface area contributed by atoms with Gasteiger partial charge in [-0.2, -0.15) is 0 Å². The molecule has 2 aromatic carbocycles. The van der Waals surface area contributed by atoms with E-state index >= 15 is 0 Å². The Morgan fingerprint density at radius 3 is 2.78 bits per heavy atom. The molecule has 2 aromatic rings. The van der Waals surface area contributed by atoms with E-state index in [0.29, 0.717) is 22.8 Å². The molecule has 2 heterocycles. The lowest BCUT2D eigenvalue weighted by atomic mass is 10.1. The number of halogens is 1. The van der Waals surface area contributed by atoms with E-state index in [4.69, 9.17) is 11.6 Å². The van der Waals surface area contributed by atoms with Crippen LogP contribution in [-0.2, 0) is 11.3 Å². The van der Waals surface area contributed by atoms with Crippen molar-refractivity contribution in [1.82, 2.24) is 5.32 Å². The average molecular weight is 403 g/mol. The Balaban J connectivity index is 1.45. The fraction of sp³-hybridized carbons (Fsp3) is 0.300. The van der Waals surface area contributed by atoms with Gasteiger partial charge in [0.1, 0.15) is 0 Å². The molecule has 4 rings (SSSR count). The third-order valence-corrected chi connectivity index (χ3v) is 6.76. The smallest absolute Gasteiger partial charge is 0.294 e. The maximum Gasteiger partial charge on any atom is 0.294 e. The molecular formula is C20H21ClN3O2S+. The summed E-state index contributed by atoms with van der Waals surface area (Å²) >= 11 is 7.73. The zero-order valence-electron chi connectivity index (χ0n) is 14.8. The van der Waals surface area contributed by atoms with Gasteiger partial charge in [-0.25, -0.2) is 0 Å². The van der Waals surface area contributed by atoms with Gasteiger partial charge in [0.15, 0.2) is 0 Å². The highest BCUT2D eigenvalue weighted by Gasteiger charge is 2.37. The van der Waals surface area contributed by atoms with Crippen molar-refractivity contribution >= 4 is 40.9 Å². The molecule has 5 nitrogen and oxygen atoms in total. The van der Waals surface area contributed by atoms with Crippen LogP contribution in [0.15, 0.2) is 47.4 Å². The van der Waals surface area contributed by atoms with Gasteiger partial charge in [0, 0.05) is 34.9 Å². The Labute approximate surface area is 167 Å². The van der Waals surface area contributed by atoms with Crippen LogP contribution in [0.1, 0.15) is 28.8 Å². The molecule has 3 N–H and O–H groups in total. The predicted molar refractivity (Wildman–Crippen MR) is 107 cm³/mol. The van der Waals surface area contributed by atoms with E-state index in [9.17, 15) is 9.59 Å². The van der Waals surface area contributed by atoms with E-state index in [1.807, 2.05) is 30.3 Å². The first-order valence-electron chi connectivity index (χ1n) is 9.09. The lowest BCUT2D eigenvalue weighted by Gasteiger charge is -2.28. The number of rotatable bonds is 4. The van der Waals surface area contributed by atoms with Gasteiger partial charge in [0.05, 0.1) is 18.8 Å². The first-order chi connectivity index (χ1) is 13.1. The normalized spacial score (nSPS) is 19.4. The number of likely N-dealkylation sites (tertiary alicyclic amines) is 1. The molecule has 0 aliphatic carbocycles. The average Bonchev–Trinajstić information content (AvgIpc) is 3.20. The molecule has 1 saturated heterocycles. The molecule has 0 aromatic heterocycles. The van der Waals surface area contributed by atoms with Gasteiger partial charge in [-0.15, -0.1) is 0 Å². The van der Waals surface area contributed by atoms with E-state index in [2.05, 4.69) is 10.6 Å². The molecule has 2 amide bonds. The van der Waals surface area contributed by atoms with Crippen LogP contribution in [-0.4, -0.2) is 30.3 Å². The summed E-state index contributed by atoms with van der Waals surface area (Å²) in [4.78, 5) is 27.4. The molecule has 140 valence electrons. The molecule has 1 atom stereocenters. The second-order valence-corrected chi connectivity index (χ2v) is 8.39. The lowest BCUT2D eigenvalue weighted by Crippen LogP contribution is -3.14. The zero-order valence-corrected chi connectivity index (χ0v) is 16.3. The predicted octanol–water partition coefficient (Wildman–Crippen LogP) is 2.32. The van der Waals surface area contributed by atoms with Gasteiger partial charge < -0.3 is 15.5 Å². The number of quaternary nitrogens is 1. The van der Waals surface area contributed by atoms with Crippen LogP contribution in [0.2, 0.25) is 5.02 Å². The number of carbonyl (C=O) groups is 2. The standard InChI is InChI=1S/C20H20ClN3O2S/c21-15-6-2-1-5-14(15)12-22-18(25)13-7-8-17-16(11-13)23-19(26)20(27-17)24-9-3-4-10-24/h1-2,5-8,11,20H,3-4,9-10,12H2,(H,22,25)(H,23,26)/p+1. The maximum atomic E-state index is 12.5. The summed E-state index contributed by atoms with van der Waals surface area (Å²) in [6.07, 6.45) is 2.36. The van der Waals surface area contributed by atoms with Crippen LogP contribution in [0.5, 0.6) is 0 Å². The molecule has 2 aliphatic heterocycles. The number of thioether (sulfide) groups is 1. The molecule has 0 bridgehead atoms. The van der Waals surface area contributed by atoms with Crippen molar-refractivity contribution in [2.75, 3.05) is 18.4 Å². The minimum Gasteiger partial charge on any atom is -0.348 e. The molecule has 7 heteroatoms. The number of anilines is 1. The van der Waals surface area contributed by atoms with Crippen molar-refractivity contribution in [3.8, 4) is 0 Å². The van der Waals surface area contributed by atoms with Crippen LogP contribution in [0.25, 0.3) is 0 Å². The van der Waals surface area contributed by atoms with Crippen LogP contribution >= 0.6 is 23.4 Å². The Morgan fingerprint density at radius 1 is 1.22 bits per heavy atom. The van der Waals surface area contributed by atoms with E-state index in [1.54, 1.807) is 23.9 Å².